The highest BCUT2D eigenvalue weighted by Crippen LogP contribution is 2.28. The van der Waals surface area contributed by atoms with Crippen LogP contribution in [0.15, 0.2) is 41.6 Å². The molecule has 128 valence electrons. The molecule has 1 aromatic carbocycles. The molecule has 5 rings (SSSR count). The number of nitrogens with zero attached hydrogens (tertiary/aromatic N) is 3. The number of hydrogen-bond donors (Lipinski definition) is 2. The fourth-order valence-electron chi connectivity index (χ4n) is 3.17. The minimum absolute atomic E-state index is 0.344. The van der Waals surface area contributed by atoms with Crippen LogP contribution in [0.3, 0.4) is 0 Å². The average molecular weight is 363 g/mol. The normalized spacial score (nSPS) is 17.6. The summed E-state index contributed by atoms with van der Waals surface area (Å²) in [4.78, 5) is 32.4. The molecule has 26 heavy (non-hydrogen) atoms. The predicted octanol–water partition coefficient (Wildman–Crippen LogP) is 2.71. The van der Waals surface area contributed by atoms with E-state index in [1.54, 1.807) is 18.5 Å². The van der Waals surface area contributed by atoms with Gasteiger partial charge in [-0.25, -0.2) is 9.97 Å². The summed E-state index contributed by atoms with van der Waals surface area (Å²) in [5.41, 5.74) is 5.53. The molecular weight excluding hydrogens is 350 g/mol. The number of carbonyl (C=O) groups excluding carboxylic acids is 2. The molecule has 8 heteroatoms. The molecule has 4 heterocycles. The molecular formula is C18H13N5O2S. The summed E-state index contributed by atoms with van der Waals surface area (Å²) in [5, 5.41) is 5.24. The Morgan fingerprint density at radius 1 is 1.19 bits per heavy atom. The minimum atomic E-state index is -0.387. The SMILES string of the molecule is O=C1NC(=O)/C(=C/c2ccc3ncn(-c4ccc5c(c4)CCN5)c3n2)S1. The molecule has 2 aromatic heterocycles. The van der Waals surface area contributed by atoms with Crippen molar-refractivity contribution in [2.75, 3.05) is 11.9 Å². The van der Waals surface area contributed by atoms with Gasteiger partial charge in [0.25, 0.3) is 11.1 Å². The number of anilines is 1. The molecule has 2 aliphatic heterocycles. The summed E-state index contributed by atoms with van der Waals surface area (Å²) >= 11 is 0.882. The summed E-state index contributed by atoms with van der Waals surface area (Å²) in [6.07, 6.45) is 4.37. The monoisotopic (exact) mass is 363 g/mol. The number of imidazole rings is 1. The molecule has 0 spiro atoms. The summed E-state index contributed by atoms with van der Waals surface area (Å²) in [6.45, 7) is 0.956. The third-order valence-electron chi connectivity index (χ3n) is 4.41. The van der Waals surface area contributed by atoms with Crippen molar-refractivity contribution in [3.05, 3.63) is 52.8 Å². The van der Waals surface area contributed by atoms with Crippen molar-refractivity contribution in [1.29, 1.82) is 0 Å². The number of benzene rings is 1. The van der Waals surface area contributed by atoms with Crippen LogP contribution in [0.2, 0.25) is 0 Å². The van der Waals surface area contributed by atoms with E-state index in [0.717, 1.165) is 35.9 Å². The molecule has 2 aliphatic rings. The van der Waals surface area contributed by atoms with E-state index in [1.807, 2.05) is 16.7 Å². The van der Waals surface area contributed by atoms with Crippen LogP contribution in [-0.2, 0) is 11.2 Å². The Morgan fingerprint density at radius 2 is 2.12 bits per heavy atom. The second kappa shape index (κ2) is 5.70. The third kappa shape index (κ3) is 2.46. The van der Waals surface area contributed by atoms with Gasteiger partial charge in [0.1, 0.15) is 11.8 Å². The van der Waals surface area contributed by atoms with Gasteiger partial charge < -0.3 is 5.32 Å². The molecule has 0 aliphatic carbocycles. The Balaban J connectivity index is 1.59. The van der Waals surface area contributed by atoms with Crippen molar-refractivity contribution in [3.8, 4) is 5.69 Å². The van der Waals surface area contributed by atoms with Gasteiger partial charge in [0, 0.05) is 17.9 Å². The van der Waals surface area contributed by atoms with Gasteiger partial charge in [-0.05, 0) is 60.2 Å². The summed E-state index contributed by atoms with van der Waals surface area (Å²) in [6, 6.07) is 9.89. The maximum Gasteiger partial charge on any atom is 0.290 e. The number of amides is 2. The standard InChI is InChI=1S/C18H13N5O2S/c24-17-15(26-18(25)22-17)8-11-1-3-14-16(21-11)23(9-20-14)12-2-4-13-10(7-12)5-6-19-13/h1-4,7-9,19H,5-6H2,(H,22,24,25)/b15-8-. The number of fused-ring (bicyclic) bond motifs is 2. The first-order valence-corrected chi connectivity index (χ1v) is 8.95. The summed E-state index contributed by atoms with van der Waals surface area (Å²) in [7, 11) is 0. The number of thioether (sulfide) groups is 1. The van der Waals surface area contributed by atoms with E-state index >= 15 is 0 Å². The van der Waals surface area contributed by atoms with Gasteiger partial charge in [-0.1, -0.05) is 0 Å². The van der Waals surface area contributed by atoms with Crippen LogP contribution in [-0.4, -0.2) is 32.2 Å². The van der Waals surface area contributed by atoms with Crippen LogP contribution in [0.5, 0.6) is 0 Å². The Kier molecular flexibility index (Phi) is 3.32. The van der Waals surface area contributed by atoms with Crippen LogP contribution in [0.4, 0.5) is 10.5 Å². The average Bonchev–Trinajstić information content (AvgIpc) is 3.33. The van der Waals surface area contributed by atoms with Gasteiger partial charge in [0.05, 0.1) is 10.6 Å². The number of imide groups is 1. The second-order valence-corrected chi connectivity index (χ2v) is 7.08. The second-order valence-electron chi connectivity index (χ2n) is 6.06. The van der Waals surface area contributed by atoms with Gasteiger partial charge >= 0.3 is 0 Å². The van der Waals surface area contributed by atoms with Gasteiger partial charge in [0.15, 0.2) is 5.65 Å². The van der Waals surface area contributed by atoms with Crippen molar-refractivity contribution >= 4 is 45.8 Å². The fraction of sp³-hybridized carbons (Fsp3) is 0.111. The fourth-order valence-corrected chi connectivity index (χ4v) is 3.84. The zero-order chi connectivity index (χ0) is 17.7. The molecule has 2 amide bonds. The number of aromatic nitrogens is 3. The quantitative estimate of drug-likeness (QED) is 0.681. The summed E-state index contributed by atoms with van der Waals surface area (Å²) < 4.78 is 1.93. The number of carbonyl (C=O) groups is 2. The molecule has 0 bridgehead atoms. The molecule has 1 saturated heterocycles. The molecule has 7 nitrogen and oxygen atoms in total. The lowest BCUT2D eigenvalue weighted by atomic mass is 10.1. The predicted molar refractivity (Wildman–Crippen MR) is 100 cm³/mol. The Morgan fingerprint density at radius 3 is 2.96 bits per heavy atom. The van der Waals surface area contributed by atoms with Gasteiger partial charge in [-0.2, -0.15) is 0 Å². The molecule has 3 aromatic rings. The van der Waals surface area contributed by atoms with Gasteiger partial charge in [0.2, 0.25) is 0 Å². The van der Waals surface area contributed by atoms with Crippen molar-refractivity contribution in [2.45, 2.75) is 6.42 Å². The molecule has 0 unspecified atom stereocenters. The maximum absolute atomic E-state index is 11.7. The first-order valence-electron chi connectivity index (χ1n) is 8.13. The Hall–Kier alpha value is -3.13. The third-order valence-corrected chi connectivity index (χ3v) is 5.22. The van der Waals surface area contributed by atoms with E-state index < -0.39 is 0 Å². The number of hydrogen-bond acceptors (Lipinski definition) is 6. The van der Waals surface area contributed by atoms with Crippen molar-refractivity contribution in [3.63, 3.8) is 0 Å². The van der Waals surface area contributed by atoms with E-state index in [2.05, 4.69) is 32.7 Å². The first kappa shape index (κ1) is 15.2. The van der Waals surface area contributed by atoms with E-state index in [1.165, 1.54) is 11.3 Å². The van der Waals surface area contributed by atoms with Crippen molar-refractivity contribution < 1.29 is 9.59 Å². The first-order chi connectivity index (χ1) is 12.7. The van der Waals surface area contributed by atoms with E-state index in [9.17, 15) is 9.59 Å². The number of rotatable bonds is 2. The minimum Gasteiger partial charge on any atom is -0.384 e. The van der Waals surface area contributed by atoms with E-state index in [-0.39, 0.29) is 11.1 Å². The smallest absolute Gasteiger partial charge is 0.290 e. The van der Waals surface area contributed by atoms with Crippen molar-refractivity contribution in [1.82, 2.24) is 19.9 Å². The van der Waals surface area contributed by atoms with Crippen LogP contribution in [0.1, 0.15) is 11.3 Å². The lowest BCUT2D eigenvalue weighted by Crippen LogP contribution is -2.17. The molecule has 1 fully saturated rings. The number of nitrogens with one attached hydrogen (secondary N) is 2. The molecule has 2 N–H and O–H groups in total. The lowest BCUT2D eigenvalue weighted by Gasteiger charge is -2.07. The zero-order valence-corrected chi connectivity index (χ0v) is 14.3. The van der Waals surface area contributed by atoms with Crippen LogP contribution in [0.25, 0.3) is 22.9 Å². The topological polar surface area (TPSA) is 88.9 Å². The highest BCUT2D eigenvalue weighted by molar-refractivity contribution is 8.18. The largest absolute Gasteiger partial charge is 0.384 e. The van der Waals surface area contributed by atoms with Crippen LogP contribution < -0.4 is 10.6 Å². The van der Waals surface area contributed by atoms with E-state index in [0.29, 0.717) is 16.2 Å². The van der Waals surface area contributed by atoms with Crippen molar-refractivity contribution in [2.24, 2.45) is 0 Å². The highest BCUT2D eigenvalue weighted by Gasteiger charge is 2.25. The number of pyridine rings is 1. The molecule has 0 saturated carbocycles. The summed E-state index contributed by atoms with van der Waals surface area (Å²) in [5.74, 6) is -0.387. The highest BCUT2D eigenvalue weighted by atomic mass is 32.2. The van der Waals surface area contributed by atoms with Crippen LogP contribution in [0, 0.1) is 0 Å². The van der Waals surface area contributed by atoms with Gasteiger partial charge in [-0.15, -0.1) is 0 Å². The Labute approximate surface area is 152 Å². The molecule has 0 atom stereocenters. The van der Waals surface area contributed by atoms with Crippen LogP contribution >= 0.6 is 11.8 Å². The molecule has 0 radical (unpaired) electrons. The maximum atomic E-state index is 11.7. The van der Waals surface area contributed by atoms with Gasteiger partial charge in [-0.3, -0.25) is 19.5 Å². The zero-order valence-electron chi connectivity index (χ0n) is 13.5. The lowest BCUT2D eigenvalue weighted by molar-refractivity contribution is -0.115. The van der Waals surface area contributed by atoms with E-state index in [4.69, 9.17) is 0 Å². The Bertz CT molecular complexity index is 1120.